The number of aromatic amines is 2. The fourth-order valence-corrected chi connectivity index (χ4v) is 14.4. The third-order valence-corrected chi connectivity index (χ3v) is 20.0. The molecule has 0 aliphatic carbocycles. The first-order valence-electron chi connectivity index (χ1n) is 39.2. The minimum atomic E-state index is 0.336. The Morgan fingerprint density at radius 3 is 0.754 bits per heavy atom. The molecular formula is C98H82N12O8. The van der Waals surface area contributed by atoms with Crippen LogP contribution in [0.4, 0.5) is 0 Å². The molecule has 15 aromatic rings. The van der Waals surface area contributed by atoms with E-state index in [1.54, 1.807) is 39.0 Å². The molecule has 118 heavy (non-hydrogen) atoms. The molecule has 0 spiro atoms. The molecule has 4 aromatic carbocycles. The first-order valence-corrected chi connectivity index (χ1v) is 39.2. The van der Waals surface area contributed by atoms with Crippen molar-refractivity contribution < 1.29 is 37.9 Å². The zero-order valence-electron chi connectivity index (χ0n) is 65.1. The van der Waals surface area contributed by atoms with Crippen molar-refractivity contribution in [1.82, 2.24) is 59.8 Å². The Hall–Kier alpha value is -14.0. The molecule has 20 heteroatoms. The lowest BCUT2D eigenvalue weighted by molar-refractivity contribution is 0.0180. The van der Waals surface area contributed by atoms with Gasteiger partial charge in [0.2, 0.25) is 0 Å². The minimum absolute atomic E-state index is 0.336. The molecule has 2 aliphatic heterocycles. The molecule has 0 radical (unpaired) electrons. The van der Waals surface area contributed by atoms with Crippen molar-refractivity contribution in [3.63, 3.8) is 0 Å². The van der Waals surface area contributed by atoms with Gasteiger partial charge in [0.05, 0.1) is 157 Å². The standard InChI is InChI=1S/C98H82N12O8/c1-111-47-49-113-51-53-115-55-57-117-73-31-27-65(28-32-73)95-87-35-39-91(107-87)97(71-61-67(75-19-11-23-83(103-75)79-15-3-7-43-99-79)59-68(62-71)76-20-12-24-84(104-76)80-16-4-8-44-100-80)93-41-37-89(109-93)96(66-29-33-74(34-30-66)118-58-56-116-54-52-114-50-48-112-2)90-38-42-94(110-90)98(92-40-36-88(95)108-92)72-63-69(77-21-13-25-85(105-77)81-17-5-9-45-101-81)60-70(64-72)78-22-14-26-86(106-78)82-18-6-10-46-102-82/h3-46,59-64,107,110H,47-58H2,1-2H3. The Morgan fingerprint density at radius 2 is 0.475 bits per heavy atom. The van der Waals surface area contributed by atoms with E-state index in [4.69, 9.17) is 87.7 Å². The van der Waals surface area contributed by atoms with E-state index in [1.807, 2.05) is 170 Å². The van der Waals surface area contributed by atoms with E-state index < -0.39 is 0 Å². The summed E-state index contributed by atoms with van der Waals surface area (Å²) in [7, 11) is 3.31. The van der Waals surface area contributed by atoms with Gasteiger partial charge in [-0.2, -0.15) is 0 Å². The van der Waals surface area contributed by atoms with E-state index in [0.717, 1.165) is 157 Å². The first-order chi connectivity index (χ1) is 58.4. The van der Waals surface area contributed by atoms with Gasteiger partial charge in [-0.05, 0) is 229 Å². The minimum Gasteiger partial charge on any atom is -0.491 e. The van der Waals surface area contributed by atoms with E-state index in [2.05, 4.69) is 119 Å². The van der Waals surface area contributed by atoms with Gasteiger partial charge in [0.15, 0.2) is 0 Å². The number of H-pyrrole nitrogens is 2. The van der Waals surface area contributed by atoms with Crippen molar-refractivity contribution in [1.29, 1.82) is 0 Å². The average molecular weight is 1560 g/mol. The number of methoxy groups -OCH3 is 2. The Morgan fingerprint density at radius 1 is 0.220 bits per heavy atom. The Balaban J connectivity index is 0.895. The lowest BCUT2D eigenvalue weighted by Crippen LogP contribution is -2.12. The van der Waals surface area contributed by atoms with Crippen LogP contribution in [0.3, 0.4) is 0 Å². The maximum Gasteiger partial charge on any atom is 0.119 e. The molecule has 0 fully saturated rings. The Kier molecular flexibility index (Phi) is 24.1. The highest BCUT2D eigenvalue weighted by Crippen LogP contribution is 2.43. The van der Waals surface area contributed by atoms with Crippen LogP contribution in [0.25, 0.3) is 181 Å². The van der Waals surface area contributed by atoms with Gasteiger partial charge >= 0.3 is 0 Å². The lowest BCUT2D eigenvalue weighted by atomic mass is 9.95. The molecule has 0 saturated heterocycles. The molecule has 20 nitrogen and oxygen atoms in total. The summed E-state index contributed by atoms with van der Waals surface area (Å²) < 4.78 is 46.0. The Bertz CT molecular complexity index is 5670. The van der Waals surface area contributed by atoms with E-state index in [9.17, 15) is 0 Å². The van der Waals surface area contributed by atoms with Crippen molar-refractivity contribution in [3.8, 4) is 147 Å². The van der Waals surface area contributed by atoms with Crippen LogP contribution in [0, 0.1) is 0 Å². The number of hydrogen-bond donors (Lipinski definition) is 2. The second-order valence-corrected chi connectivity index (χ2v) is 27.8. The molecule has 2 aliphatic rings. The third-order valence-electron chi connectivity index (χ3n) is 20.0. The zero-order chi connectivity index (χ0) is 79.6. The van der Waals surface area contributed by atoms with E-state index in [0.29, 0.717) is 114 Å². The monoisotopic (exact) mass is 1550 g/mol. The summed E-state index contributed by atoms with van der Waals surface area (Å²) in [6, 6.07) is 85.5. The van der Waals surface area contributed by atoms with Crippen LogP contribution < -0.4 is 9.47 Å². The van der Waals surface area contributed by atoms with Gasteiger partial charge in [-0.1, -0.05) is 72.8 Å². The highest BCUT2D eigenvalue weighted by Gasteiger charge is 2.24. The zero-order valence-corrected chi connectivity index (χ0v) is 65.1. The number of fused-ring (bicyclic) bond motifs is 8. The molecule has 0 atom stereocenters. The molecule has 0 saturated carbocycles. The summed E-state index contributed by atoms with van der Waals surface area (Å²) in [6.45, 7) is 5.26. The summed E-state index contributed by atoms with van der Waals surface area (Å²) in [5.41, 5.74) is 24.9. The van der Waals surface area contributed by atoms with Crippen LogP contribution in [0.15, 0.2) is 280 Å². The molecule has 0 amide bonds. The van der Waals surface area contributed by atoms with Gasteiger partial charge < -0.3 is 47.9 Å². The van der Waals surface area contributed by atoms with Crippen molar-refractivity contribution in [3.05, 3.63) is 302 Å². The molecule has 17 rings (SSSR count). The number of ether oxygens (including phenoxy) is 8. The highest BCUT2D eigenvalue weighted by atomic mass is 16.6. The third kappa shape index (κ3) is 18.1. The molecule has 13 heterocycles. The second kappa shape index (κ2) is 37.1. The molecule has 8 bridgehead atoms. The summed E-state index contributed by atoms with van der Waals surface area (Å²) in [5.74, 6) is 1.36. The highest BCUT2D eigenvalue weighted by molar-refractivity contribution is 6.01. The van der Waals surface area contributed by atoms with Gasteiger partial charge in [-0.15, -0.1) is 0 Å². The SMILES string of the molecule is COCCOCCOCCOc1ccc(-c2c3nc(c(-c4cc(-c5cccc(-c6ccccn6)n5)cc(-c5cccc(-c6ccccn6)n5)c4)c4ccc([nH]4)c(-c4ccc(OCCOCCOCCOC)cc4)c4nc(c(-c5cc(-c6cccc(-c7ccccn7)n6)cc(-c6cccc(-c7ccccn7)n6)c5)c5ccc2[nH]5)C=C4)C=C3)cc1. The van der Waals surface area contributed by atoms with Gasteiger partial charge in [-0.25, -0.2) is 29.9 Å². The van der Waals surface area contributed by atoms with Crippen LogP contribution in [-0.4, -0.2) is 153 Å². The first kappa shape index (κ1) is 76.7. The van der Waals surface area contributed by atoms with Crippen LogP contribution >= 0.6 is 0 Å². The lowest BCUT2D eigenvalue weighted by Gasteiger charge is -2.13. The summed E-state index contributed by atoms with van der Waals surface area (Å²) in [4.78, 5) is 59.9. The van der Waals surface area contributed by atoms with E-state index in [-0.39, 0.29) is 0 Å². The number of hydrogen-bond acceptors (Lipinski definition) is 18. The predicted molar refractivity (Wildman–Crippen MR) is 464 cm³/mol. The molecular weight excluding hydrogens is 1470 g/mol. The van der Waals surface area contributed by atoms with Crippen molar-refractivity contribution in [2.45, 2.75) is 0 Å². The molecule has 0 unspecified atom stereocenters. The molecule has 11 aromatic heterocycles. The van der Waals surface area contributed by atoms with Crippen LogP contribution in [0.2, 0.25) is 0 Å². The van der Waals surface area contributed by atoms with E-state index >= 15 is 0 Å². The smallest absolute Gasteiger partial charge is 0.119 e. The Labute approximate surface area is 682 Å². The second-order valence-electron chi connectivity index (χ2n) is 27.8. The fourth-order valence-electron chi connectivity index (χ4n) is 14.4. The number of nitrogens with zero attached hydrogens (tertiary/aromatic N) is 10. The van der Waals surface area contributed by atoms with Crippen molar-refractivity contribution in [2.24, 2.45) is 0 Å². The maximum atomic E-state index is 6.34. The molecule has 582 valence electrons. The van der Waals surface area contributed by atoms with Gasteiger partial charge in [0.25, 0.3) is 0 Å². The summed E-state index contributed by atoms with van der Waals surface area (Å²) in [5, 5.41) is 0. The van der Waals surface area contributed by atoms with Crippen LogP contribution in [0.1, 0.15) is 22.8 Å². The van der Waals surface area contributed by atoms with Crippen LogP contribution in [-0.2, 0) is 28.4 Å². The van der Waals surface area contributed by atoms with Gasteiger partial charge in [0.1, 0.15) is 24.7 Å². The van der Waals surface area contributed by atoms with Gasteiger partial charge in [-0.3, -0.25) is 19.9 Å². The number of rotatable bonds is 32. The number of pyridine rings is 8. The maximum absolute atomic E-state index is 6.34. The van der Waals surface area contributed by atoms with E-state index in [1.165, 1.54) is 0 Å². The van der Waals surface area contributed by atoms with Crippen molar-refractivity contribution >= 4 is 46.4 Å². The number of nitrogens with one attached hydrogen (secondary N) is 2. The topological polar surface area (TPSA) is 234 Å². The summed E-state index contributed by atoms with van der Waals surface area (Å²) in [6.07, 6.45) is 15.6. The fraction of sp³-hybridized carbons (Fsp3) is 0.143. The normalized spacial score (nSPS) is 11.7. The van der Waals surface area contributed by atoms with Crippen molar-refractivity contribution in [2.75, 3.05) is 93.5 Å². The number of aromatic nitrogens is 12. The van der Waals surface area contributed by atoms with Gasteiger partial charge in [0, 0.05) is 106 Å². The molecule has 2 N–H and O–H groups in total. The predicted octanol–water partition coefficient (Wildman–Crippen LogP) is 19.9. The number of benzene rings is 4. The van der Waals surface area contributed by atoms with Crippen LogP contribution in [0.5, 0.6) is 11.5 Å². The average Bonchev–Trinajstić information content (AvgIpc) is 1.50. The quantitative estimate of drug-likeness (QED) is 0.0373. The largest absolute Gasteiger partial charge is 0.491 e. The summed E-state index contributed by atoms with van der Waals surface area (Å²) >= 11 is 0.